The Balaban J connectivity index is 1.99. The number of terminal acetylenes is 1. The van der Waals surface area contributed by atoms with Crippen molar-refractivity contribution < 1.29 is 9.18 Å². The van der Waals surface area contributed by atoms with E-state index < -0.39 is 0 Å². The molecule has 2 aromatic carbocycles. The van der Waals surface area contributed by atoms with Gasteiger partial charge in [0, 0.05) is 5.69 Å². The number of carbonyl (C=O) groups excluding carboxylic acids is 1. The van der Waals surface area contributed by atoms with Gasteiger partial charge in [0.1, 0.15) is 5.82 Å². The summed E-state index contributed by atoms with van der Waals surface area (Å²) in [4.78, 5) is 11.9. The van der Waals surface area contributed by atoms with Crippen LogP contribution in [0.5, 0.6) is 0 Å². The van der Waals surface area contributed by atoms with E-state index in [2.05, 4.69) is 21.4 Å². The Morgan fingerprint density at radius 3 is 2.67 bits per heavy atom. The third-order valence-electron chi connectivity index (χ3n) is 3.76. The second-order valence-electron chi connectivity index (χ2n) is 5.73. The lowest BCUT2D eigenvalue weighted by Gasteiger charge is -2.11. The number of carbonyl (C=O) groups is 1. The van der Waals surface area contributed by atoms with Crippen LogP contribution in [0.25, 0.3) is 17.1 Å². The summed E-state index contributed by atoms with van der Waals surface area (Å²) in [6, 6.07) is 14.1. The van der Waals surface area contributed by atoms with Gasteiger partial charge in [0.15, 0.2) is 11.0 Å². The Bertz CT molecular complexity index is 992. The number of thioether (sulfide) groups is 1. The van der Waals surface area contributed by atoms with Crippen LogP contribution in [0.1, 0.15) is 5.56 Å². The first-order valence-electron chi connectivity index (χ1n) is 8.20. The molecule has 3 aromatic rings. The smallest absolute Gasteiger partial charge is 0.231 e. The van der Waals surface area contributed by atoms with E-state index >= 15 is 0 Å². The van der Waals surface area contributed by atoms with Crippen LogP contribution in [-0.2, 0) is 4.79 Å². The van der Waals surface area contributed by atoms with Crippen LogP contribution < -0.4 is 5.32 Å². The summed E-state index contributed by atoms with van der Waals surface area (Å²) >= 11 is 1.21. The zero-order chi connectivity index (χ0) is 19.2. The number of aromatic nitrogens is 3. The van der Waals surface area contributed by atoms with E-state index in [1.165, 1.54) is 17.8 Å². The van der Waals surface area contributed by atoms with Crippen molar-refractivity contribution in [1.82, 2.24) is 20.1 Å². The Morgan fingerprint density at radius 1 is 1.22 bits per heavy atom. The molecule has 0 saturated heterocycles. The van der Waals surface area contributed by atoms with E-state index in [1.54, 1.807) is 22.8 Å². The zero-order valence-electron chi connectivity index (χ0n) is 14.6. The molecule has 0 aliphatic rings. The van der Waals surface area contributed by atoms with E-state index in [-0.39, 0.29) is 24.0 Å². The summed E-state index contributed by atoms with van der Waals surface area (Å²) in [6.07, 6.45) is 5.14. The van der Waals surface area contributed by atoms with E-state index in [0.29, 0.717) is 16.5 Å². The van der Waals surface area contributed by atoms with Crippen molar-refractivity contribution in [2.75, 3.05) is 12.3 Å². The molecule has 5 nitrogen and oxygen atoms in total. The highest BCUT2D eigenvalue weighted by molar-refractivity contribution is 7.99. The fraction of sp³-hybridized carbons (Fsp3) is 0.150. The fourth-order valence-electron chi connectivity index (χ4n) is 2.44. The SMILES string of the molecule is C#CCNC(=O)CSc1nnc(-c2ccccc2F)n1-c1ccc(C)cc1. The maximum atomic E-state index is 14.3. The van der Waals surface area contributed by atoms with Crippen molar-refractivity contribution >= 4 is 17.7 Å². The second kappa shape index (κ2) is 8.52. The Hall–Kier alpha value is -3.11. The Kier molecular flexibility index (Phi) is 5.89. The van der Waals surface area contributed by atoms with Crippen LogP contribution in [0, 0.1) is 25.1 Å². The molecule has 27 heavy (non-hydrogen) atoms. The lowest BCUT2D eigenvalue weighted by atomic mass is 10.2. The van der Waals surface area contributed by atoms with Crippen LogP contribution in [0.3, 0.4) is 0 Å². The molecule has 1 N–H and O–H groups in total. The largest absolute Gasteiger partial charge is 0.344 e. The van der Waals surface area contributed by atoms with Crippen LogP contribution >= 0.6 is 11.8 Å². The molecule has 0 unspecified atom stereocenters. The number of nitrogens with zero attached hydrogens (tertiary/aromatic N) is 3. The van der Waals surface area contributed by atoms with Gasteiger partial charge in [0.2, 0.25) is 5.91 Å². The maximum absolute atomic E-state index is 14.3. The van der Waals surface area contributed by atoms with Crippen LogP contribution in [0.2, 0.25) is 0 Å². The van der Waals surface area contributed by atoms with Gasteiger partial charge in [-0.05, 0) is 31.2 Å². The maximum Gasteiger partial charge on any atom is 0.231 e. The van der Waals surface area contributed by atoms with Crippen molar-refractivity contribution in [3.8, 4) is 29.4 Å². The van der Waals surface area contributed by atoms with Crippen molar-refractivity contribution in [3.05, 3.63) is 59.9 Å². The number of rotatable bonds is 6. The monoisotopic (exact) mass is 380 g/mol. The lowest BCUT2D eigenvalue weighted by Crippen LogP contribution is -2.25. The zero-order valence-corrected chi connectivity index (χ0v) is 15.5. The van der Waals surface area contributed by atoms with E-state index in [4.69, 9.17) is 6.42 Å². The highest BCUT2D eigenvalue weighted by Crippen LogP contribution is 2.29. The van der Waals surface area contributed by atoms with Crippen molar-refractivity contribution in [3.63, 3.8) is 0 Å². The third-order valence-corrected chi connectivity index (χ3v) is 4.69. The average Bonchev–Trinajstić information content (AvgIpc) is 3.09. The van der Waals surface area contributed by atoms with E-state index in [0.717, 1.165) is 11.3 Å². The predicted octanol–water partition coefficient (Wildman–Crippen LogP) is 3.22. The lowest BCUT2D eigenvalue weighted by molar-refractivity contribution is -0.118. The molecule has 0 fully saturated rings. The van der Waals surface area contributed by atoms with Gasteiger partial charge in [-0.25, -0.2) is 4.39 Å². The molecular formula is C20H17FN4OS. The molecular weight excluding hydrogens is 363 g/mol. The summed E-state index contributed by atoms with van der Waals surface area (Å²) in [5.41, 5.74) is 2.23. The summed E-state index contributed by atoms with van der Waals surface area (Å²) in [5, 5.41) is 11.4. The van der Waals surface area contributed by atoms with Gasteiger partial charge in [0.05, 0.1) is 17.9 Å². The molecule has 0 bridgehead atoms. The first-order chi connectivity index (χ1) is 13.1. The predicted molar refractivity (Wildman–Crippen MR) is 104 cm³/mol. The van der Waals surface area contributed by atoms with Gasteiger partial charge in [-0.2, -0.15) is 0 Å². The van der Waals surface area contributed by atoms with Crippen LogP contribution in [0.15, 0.2) is 53.7 Å². The van der Waals surface area contributed by atoms with Gasteiger partial charge in [-0.3, -0.25) is 9.36 Å². The highest BCUT2D eigenvalue weighted by Gasteiger charge is 2.19. The van der Waals surface area contributed by atoms with Crippen LogP contribution in [-0.4, -0.2) is 33.0 Å². The van der Waals surface area contributed by atoms with Gasteiger partial charge in [-0.15, -0.1) is 16.6 Å². The quantitative estimate of drug-likeness (QED) is 0.527. The number of hydrogen-bond acceptors (Lipinski definition) is 4. The Morgan fingerprint density at radius 2 is 1.96 bits per heavy atom. The standard InChI is InChI=1S/C20H17FN4OS/c1-3-12-22-18(26)13-27-20-24-23-19(16-6-4-5-7-17(16)21)25(20)15-10-8-14(2)9-11-15/h1,4-11H,12-13H2,2H3,(H,22,26). The molecule has 0 radical (unpaired) electrons. The number of halogens is 1. The minimum absolute atomic E-state index is 0.128. The Labute approximate surface area is 161 Å². The fourth-order valence-corrected chi connectivity index (χ4v) is 3.22. The summed E-state index contributed by atoms with van der Waals surface area (Å²) < 4.78 is 16.1. The first kappa shape index (κ1) is 18.7. The highest BCUT2D eigenvalue weighted by atomic mass is 32.2. The number of amides is 1. The van der Waals surface area contributed by atoms with Crippen molar-refractivity contribution in [1.29, 1.82) is 0 Å². The number of aryl methyl sites for hydroxylation is 1. The molecule has 0 atom stereocenters. The molecule has 3 rings (SSSR count). The summed E-state index contributed by atoms with van der Waals surface area (Å²) in [5.74, 6) is 2.27. The first-order valence-corrected chi connectivity index (χ1v) is 9.19. The minimum Gasteiger partial charge on any atom is -0.344 e. The van der Waals surface area contributed by atoms with Gasteiger partial charge in [-0.1, -0.05) is 47.5 Å². The minimum atomic E-state index is -0.387. The topological polar surface area (TPSA) is 59.8 Å². The molecule has 0 aliphatic carbocycles. The molecule has 0 spiro atoms. The molecule has 7 heteroatoms. The number of nitrogens with one attached hydrogen (secondary N) is 1. The van der Waals surface area contributed by atoms with Gasteiger partial charge < -0.3 is 5.32 Å². The molecule has 1 amide bonds. The van der Waals surface area contributed by atoms with E-state index in [9.17, 15) is 9.18 Å². The van der Waals surface area contributed by atoms with Crippen LogP contribution in [0.4, 0.5) is 4.39 Å². The molecule has 1 aromatic heterocycles. The molecule has 0 saturated carbocycles. The number of benzene rings is 2. The molecule has 136 valence electrons. The second-order valence-corrected chi connectivity index (χ2v) is 6.67. The third kappa shape index (κ3) is 4.36. The number of hydrogen-bond donors (Lipinski definition) is 1. The summed E-state index contributed by atoms with van der Waals surface area (Å²) in [7, 11) is 0. The molecule has 0 aliphatic heterocycles. The normalized spacial score (nSPS) is 10.4. The summed E-state index contributed by atoms with van der Waals surface area (Å²) in [6.45, 7) is 2.16. The van der Waals surface area contributed by atoms with Gasteiger partial charge in [0.25, 0.3) is 0 Å². The molecule has 1 heterocycles. The average molecular weight is 380 g/mol. The van der Waals surface area contributed by atoms with Crippen molar-refractivity contribution in [2.45, 2.75) is 12.1 Å². The van der Waals surface area contributed by atoms with E-state index in [1.807, 2.05) is 31.2 Å². The van der Waals surface area contributed by atoms with Gasteiger partial charge >= 0.3 is 0 Å². The van der Waals surface area contributed by atoms with Crippen molar-refractivity contribution in [2.24, 2.45) is 0 Å².